The van der Waals surface area contributed by atoms with E-state index in [-0.39, 0.29) is 6.10 Å². The summed E-state index contributed by atoms with van der Waals surface area (Å²) in [6.07, 6.45) is 3.27. The number of hydrogen-bond donors (Lipinski definition) is 1. The summed E-state index contributed by atoms with van der Waals surface area (Å²) in [6, 6.07) is 37.5. The van der Waals surface area contributed by atoms with Crippen LogP contribution in [0, 0.1) is 11.3 Å². The van der Waals surface area contributed by atoms with Crippen LogP contribution in [0.5, 0.6) is 0 Å². The average Bonchev–Trinajstić information content (AvgIpc) is 2.94. The van der Waals surface area contributed by atoms with Gasteiger partial charge in [-0.05, 0) is 68.8 Å². The predicted octanol–water partition coefficient (Wildman–Crippen LogP) is 7.95. The molecule has 0 radical (unpaired) electrons. The molecule has 0 aliphatic carbocycles. The monoisotopic (exact) mass is 486 g/mol. The van der Waals surface area contributed by atoms with Gasteiger partial charge in [-0.3, -0.25) is 0 Å². The maximum atomic E-state index is 9.99. The second-order valence-corrected chi connectivity index (χ2v) is 9.47. The number of rotatable bonds is 7. The molecule has 1 unspecified atom stereocenters. The number of nitriles is 1. The fourth-order valence-corrected chi connectivity index (χ4v) is 5.16. The van der Waals surface area contributed by atoms with Crippen LogP contribution in [-0.4, -0.2) is 6.26 Å². The van der Waals surface area contributed by atoms with Gasteiger partial charge in [0.2, 0.25) is 0 Å². The molecule has 5 aromatic rings. The molecule has 0 bridgehead atoms. The Bertz CT molecular complexity index is 1600. The smallest absolute Gasteiger partial charge is 0.115 e. The van der Waals surface area contributed by atoms with Crippen LogP contribution in [0.4, 0.5) is 0 Å². The van der Waals surface area contributed by atoms with Gasteiger partial charge in [-0.1, -0.05) is 78.9 Å². The quantitative estimate of drug-likeness (QED) is 0.237. The van der Waals surface area contributed by atoms with E-state index in [0.717, 1.165) is 37.9 Å². The summed E-state index contributed by atoms with van der Waals surface area (Å²) < 4.78 is 6.42. The number of thioether (sulfide) groups is 1. The lowest BCUT2D eigenvalue weighted by atomic mass is 9.91. The molecule has 0 aliphatic heterocycles. The summed E-state index contributed by atoms with van der Waals surface area (Å²) >= 11 is 1.57. The molecule has 0 saturated heterocycles. The van der Waals surface area contributed by atoms with Gasteiger partial charge in [-0.15, -0.1) is 11.8 Å². The zero-order valence-electron chi connectivity index (χ0n) is 20.0. The van der Waals surface area contributed by atoms with Crippen molar-refractivity contribution in [3.05, 3.63) is 131 Å². The lowest BCUT2D eigenvalue weighted by Gasteiger charge is -2.22. The van der Waals surface area contributed by atoms with Gasteiger partial charge in [-0.2, -0.15) is 5.26 Å². The van der Waals surface area contributed by atoms with Gasteiger partial charge in [-0.25, -0.2) is 0 Å². The van der Waals surface area contributed by atoms with Crippen LogP contribution in [0.25, 0.3) is 32.7 Å². The molecule has 3 nitrogen and oxygen atoms in total. The Morgan fingerprint density at radius 3 is 2.31 bits per heavy atom. The van der Waals surface area contributed by atoms with Crippen molar-refractivity contribution in [3.63, 3.8) is 0 Å². The largest absolute Gasteiger partial charge is 0.404 e. The zero-order valence-corrected chi connectivity index (χ0v) is 20.8. The first-order chi connectivity index (χ1) is 17.7. The van der Waals surface area contributed by atoms with E-state index in [0.29, 0.717) is 12.2 Å². The SMILES string of the molecule is CS/C(=C\N)C(OCc1ccccc1)c1ccc(C#N)c(-c2cccc3cc4ccccc4cc23)c1. The normalized spacial score (nSPS) is 12.5. The molecule has 0 amide bonds. The minimum Gasteiger partial charge on any atom is -0.404 e. The molecular weight excluding hydrogens is 460 g/mol. The Labute approximate surface area is 215 Å². The molecule has 36 heavy (non-hydrogen) atoms. The fourth-order valence-electron chi connectivity index (χ4n) is 4.61. The number of nitrogens with two attached hydrogens (primary N) is 1. The van der Waals surface area contributed by atoms with Crippen molar-refractivity contribution >= 4 is 33.3 Å². The highest BCUT2D eigenvalue weighted by Crippen LogP contribution is 2.38. The van der Waals surface area contributed by atoms with E-state index in [4.69, 9.17) is 10.5 Å². The molecule has 0 fully saturated rings. The molecule has 0 spiro atoms. The van der Waals surface area contributed by atoms with E-state index >= 15 is 0 Å². The third-order valence-corrected chi connectivity index (χ3v) is 7.24. The Morgan fingerprint density at radius 1 is 0.861 bits per heavy atom. The maximum absolute atomic E-state index is 9.99. The van der Waals surface area contributed by atoms with E-state index in [1.165, 1.54) is 10.8 Å². The van der Waals surface area contributed by atoms with Crippen LogP contribution in [0.15, 0.2) is 114 Å². The van der Waals surface area contributed by atoms with Crippen LogP contribution >= 0.6 is 11.8 Å². The standard InChI is InChI=1S/C32H26N2OS/c1-36-31(20-34)32(35-21-22-8-3-2-4-9-22)26-14-15-27(19-33)30(18-26)28-13-7-12-25-16-23-10-5-6-11-24(23)17-29(25)28/h2-18,20,32H,21,34H2,1H3/b31-20-. The molecule has 2 N–H and O–H groups in total. The molecule has 4 heteroatoms. The van der Waals surface area contributed by atoms with E-state index in [1.807, 2.05) is 48.7 Å². The molecular formula is C32H26N2OS. The van der Waals surface area contributed by atoms with Crippen molar-refractivity contribution in [2.45, 2.75) is 12.7 Å². The van der Waals surface area contributed by atoms with Crippen LogP contribution in [0.3, 0.4) is 0 Å². The molecule has 0 heterocycles. The van der Waals surface area contributed by atoms with E-state index in [9.17, 15) is 5.26 Å². The highest BCUT2D eigenvalue weighted by molar-refractivity contribution is 8.02. The van der Waals surface area contributed by atoms with Gasteiger partial charge >= 0.3 is 0 Å². The number of ether oxygens (including phenoxy) is 1. The minimum absolute atomic E-state index is 0.340. The first-order valence-corrected chi connectivity index (χ1v) is 13.0. The number of nitrogens with zero attached hydrogens (tertiary/aromatic N) is 1. The van der Waals surface area contributed by atoms with Crippen LogP contribution < -0.4 is 5.73 Å². The van der Waals surface area contributed by atoms with Crippen LogP contribution in [0.1, 0.15) is 22.8 Å². The molecule has 176 valence electrons. The van der Waals surface area contributed by atoms with Gasteiger partial charge in [0, 0.05) is 16.7 Å². The third-order valence-electron chi connectivity index (χ3n) is 6.42. The summed E-state index contributed by atoms with van der Waals surface area (Å²) in [4.78, 5) is 0.922. The summed E-state index contributed by atoms with van der Waals surface area (Å²) in [5.74, 6) is 0. The highest BCUT2D eigenvalue weighted by atomic mass is 32.2. The van der Waals surface area contributed by atoms with Crippen molar-refractivity contribution < 1.29 is 4.74 Å². The molecule has 0 saturated carbocycles. The molecule has 5 rings (SSSR count). The summed E-state index contributed by atoms with van der Waals surface area (Å²) in [7, 11) is 0. The van der Waals surface area contributed by atoms with Crippen LogP contribution in [-0.2, 0) is 11.3 Å². The molecule has 0 aromatic heterocycles. The number of hydrogen-bond acceptors (Lipinski definition) is 4. The van der Waals surface area contributed by atoms with Gasteiger partial charge < -0.3 is 10.5 Å². The van der Waals surface area contributed by atoms with Crippen molar-refractivity contribution in [2.24, 2.45) is 5.73 Å². The first kappa shape index (κ1) is 23.7. The van der Waals surface area contributed by atoms with Gasteiger partial charge in [0.1, 0.15) is 6.10 Å². The van der Waals surface area contributed by atoms with Crippen LogP contribution in [0.2, 0.25) is 0 Å². The summed E-state index contributed by atoms with van der Waals surface area (Å²) in [5, 5.41) is 14.6. The highest BCUT2D eigenvalue weighted by Gasteiger charge is 2.20. The molecule has 5 aromatic carbocycles. The van der Waals surface area contributed by atoms with Crippen molar-refractivity contribution in [1.29, 1.82) is 5.26 Å². The number of benzene rings is 5. The van der Waals surface area contributed by atoms with Crippen molar-refractivity contribution in [3.8, 4) is 17.2 Å². The summed E-state index contributed by atoms with van der Waals surface area (Å²) in [5.41, 5.74) is 10.6. The molecule has 1 atom stereocenters. The number of fused-ring (bicyclic) bond motifs is 2. The summed E-state index contributed by atoms with van der Waals surface area (Å²) in [6.45, 7) is 0.457. The Morgan fingerprint density at radius 2 is 1.58 bits per heavy atom. The topological polar surface area (TPSA) is 59.0 Å². The maximum Gasteiger partial charge on any atom is 0.115 e. The Hall–Kier alpha value is -4.04. The van der Waals surface area contributed by atoms with Crippen molar-refractivity contribution in [2.75, 3.05) is 6.26 Å². The molecule has 0 aliphatic rings. The lowest BCUT2D eigenvalue weighted by Crippen LogP contribution is -2.08. The van der Waals surface area contributed by atoms with Gasteiger partial charge in [0.15, 0.2) is 0 Å². The zero-order chi connectivity index (χ0) is 24.9. The van der Waals surface area contributed by atoms with E-state index in [2.05, 4.69) is 66.7 Å². The van der Waals surface area contributed by atoms with E-state index < -0.39 is 0 Å². The minimum atomic E-state index is -0.340. The Balaban J connectivity index is 1.63. The second-order valence-electron chi connectivity index (χ2n) is 8.59. The predicted molar refractivity (Wildman–Crippen MR) is 151 cm³/mol. The Kier molecular flexibility index (Phi) is 7.04. The first-order valence-electron chi connectivity index (χ1n) is 11.8. The average molecular weight is 487 g/mol. The van der Waals surface area contributed by atoms with Crippen molar-refractivity contribution in [1.82, 2.24) is 0 Å². The second kappa shape index (κ2) is 10.7. The van der Waals surface area contributed by atoms with Gasteiger partial charge in [0.05, 0.1) is 18.2 Å². The third kappa shape index (κ3) is 4.72. The van der Waals surface area contributed by atoms with Gasteiger partial charge in [0.25, 0.3) is 0 Å². The lowest BCUT2D eigenvalue weighted by molar-refractivity contribution is 0.0693. The van der Waals surface area contributed by atoms with E-state index in [1.54, 1.807) is 18.0 Å². The fraction of sp³-hybridized carbons (Fsp3) is 0.0938.